The zero-order chi connectivity index (χ0) is 13.1. The minimum Gasteiger partial charge on any atom is -0.369 e. The average molecular weight is 376 g/mol. The maximum absolute atomic E-state index is 3.67. The lowest BCUT2D eigenvalue weighted by atomic mass is 10.0. The molecule has 2 rings (SSSR count). The van der Waals surface area contributed by atoms with Crippen LogP contribution in [0.3, 0.4) is 0 Å². The predicted octanol–water partition coefficient (Wildman–Crippen LogP) is 4.04. The first kappa shape index (κ1) is 14.4. The molecule has 1 saturated heterocycles. The molecule has 1 aliphatic heterocycles. The van der Waals surface area contributed by atoms with Gasteiger partial charge < -0.3 is 10.2 Å². The molecule has 1 atom stereocenters. The summed E-state index contributed by atoms with van der Waals surface area (Å²) in [4.78, 5) is 2.49. The van der Waals surface area contributed by atoms with E-state index in [1.54, 1.807) is 0 Å². The van der Waals surface area contributed by atoms with Crippen LogP contribution in [0.2, 0.25) is 0 Å². The molecular formula is C14H20Br2N2. The number of anilines is 1. The van der Waals surface area contributed by atoms with E-state index in [0.29, 0.717) is 12.0 Å². The second kappa shape index (κ2) is 6.40. The Hall–Kier alpha value is -0.0600. The fraction of sp³-hybridized carbons (Fsp3) is 0.571. The van der Waals surface area contributed by atoms with Crippen LogP contribution in [0.15, 0.2) is 27.1 Å². The quantitative estimate of drug-likeness (QED) is 0.839. The molecule has 100 valence electrons. The zero-order valence-electron chi connectivity index (χ0n) is 10.9. The molecule has 1 unspecified atom stereocenters. The van der Waals surface area contributed by atoms with Crippen LogP contribution in [0, 0.1) is 5.92 Å². The molecule has 0 spiro atoms. The third-order valence-electron chi connectivity index (χ3n) is 3.48. The highest BCUT2D eigenvalue weighted by Crippen LogP contribution is 2.30. The SMILES string of the molecule is CC(C)C1CN(c2cc(Br)ccc2Br)CCCN1. The molecule has 18 heavy (non-hydrogen) atoms. The second-order valence-corrected chi connectivity index (χ2v) is 6.97. The summed E-state index contributed by atoms with van der Waals surface area (Å²) in [6.07, 6.45) is 1.20. The van der Waals surface area contributed by atoms with Crippen molar-refractivity contribution in [3.63, 3.8) is 0 Å². The van der Waals surface area contributed by atoms with E-state index in [1.165, 1.54) is 16.6 Å². The van der Waals surface area contributed by atoms with Crippen LogP contribution in [0.4, 0.5) is 5.69 Å². The monoisotopic (exact) mass is 374 g/mol. The van der Waals surface area contributed by atoms with E-state index in [-0.39, 0.29) is 0 Å². The summed E-state index contributed by atoms with van der Waals surface area (Å²) in [5.41, 5.74) is 1.29. The molecule has 1 aromatic carbocycles. The van der Waals surface area contributed by atoms with E-state index in [0.717, 1.165) is 24.1 Å². The number of benzene rings is 1. The summed E-state index contributed by atoms with van der Waals surface area (Å²) >= 11 is 7.23. The van der Waals surface area contributed by atoms with Gasteiger partial charge in [-0.1, -0.05) is 29.8 Å². The summed E-state index contributed by atoms with van der Waals surface area (Å²) in [6.45, 7) is 7.89. The van der Waals surface area contributed by atoms with Crippen molar-refractivity contribution in [2.75, 3.05) is 24.5 Å². The third kappa shape index (κ3) is 3.49. The lowest BCUT2D eigenvalue weighted by Crippen LogP contribution is -2.41. The highest BCUT2D eigenvalue weighted by molar-refractivity contribution is 9.11. The van der Waals surface area contributed by atoms with Crippen LogP contribution < -0.4 is 10.2 Å². The van der Waals surface area contributed by atoms with Gasteiger partial charge in [-0.2, -0.15) is 0 Å². The summed E-state index contributed by atoms with van der Waals surface area (Å²) in [7, 11) is 0. The Labute approximate surface area is 126 Å². The van der Waals surface area contributed by atoms with Gasteiger partial charge in [0.05, 0.1) is 5.69 Å². The van der Waals surface area contributed by atoms with Crippen LogP contribution in [0.1, 0.15) is 20.3 Å². The largest absolute Gasteiger partial charge is 0.369 e. The smallest absolute Gasteiger partial charge is 0.0522 e. The Morgan fingerprint density at radius 1 is 1.33 bits per heavy atom. The van der Waals surface area contributed by atoms with Gasteiger partial charge in [0.25, 0.3) is 0 Å². The molecule has 0 saturated carbocycles. The average Bonchev–Trinajstić information content (AvgIpc) is 2.58. The molecule has 2 nitrogen and oxygen atoms in total. The Morgan fingerprint density at radius 3 is 2.83 bits per heavy atom. The lowest BCUT2D eigenvalue weighted by molar-refractivity contribution is 0.420. The normalized spacial score (nSPS) is 21.2. The summed E-state index contributed by atoms with van der Waals surface area (Å²) in [5, 5.41) is 3.65. The van der Waals surface area contributed by atoms with Gasteiger partial charge in [-0.25, -0.2) is 0 Å². The molecule has 1 aliphatic rings. The minimum atomic E-state index is 0.568. The minimum absolute atomic E-state index is 0.568. The fourth-order valence-corrected chi connectivity index (χ4v) is 3.19. The number of halogens is 2. The molecule has 0 bridgehead atoms. The second-order valence-electron chi connectivity index (χ2n) is 5.20. The van der Waals surface area contributed by atoms with Gasteiger partial charge in [0.15, 0.2) is 0 Å². The molecule has 0 radical (unpaired) electrons. The van der Waals surface area contributed by atoms with E-state index in [9.17, 15) is 0 Å². The summed E-state index contributed by atoms with van der Waals surface area (Å²) in [5.74, 6) is 0.663. The van der Waals surface area contributed by atoms with Crippen molar-refractivity contribution in [1.29, 1.82) is 0 Å². The maximum atomic E-state index is 3.67. The van der Waals surface area contributed by atoms with Gasteiger partial charge in [-0.3, -0.25) is 0 Å². The molecule has 0 aliphatic carbocycles. The summed E-state index contributed by atoms with van der Waals surface area (Å²) in [6, 6.07) is 6.96. The Morgan fingerprint density at radius 2 is 2.11 bits per heavy atom. The topological polar surface area (TPSA) is 15.3 Å². The van der Waals surface area contributed by atoms with E-state index in [1.807, 2.05) is 0 Å². The third-order valence-corrected chi connectivity index (χ3v) is 4.65. The zero-order valence-corrected chi connectivity index (χ0v) is 14.1. The van der Waals surface area contributed by atoms with Crippen molar-refractivity contribution in [2.45, 2.75) is 26.3 Å². The van der Waals surface area contributed by atoms with Crippen LogP contribution >= 0.6 is 31.9 Å². The van der Waals surface area contributed by atoms with E-state index >= 15 is 0 Å². The van der Waals surface area contributed by atoms with Gasteiger partial charge >= 0.3 is 0 Å². The van der Waals surface area contributed by atoms with Crippen molar-refractivity contribution in [3.8, 4) is 0 Å². The molecule has 1 fully saturated rings. The molecule has 1 N–H and O–H groups in total. The molecule has 1 heterocycles. The maximum Gasteiger partial charge on any atom is 0.0522 e. The number of rotatable bonds is 2. The van der Waals surface area contributed by atoms with E-state index in [4.69, 9.17) is 0 Å². The fourth-order valence-electron chi connectivity index (χ4n) is 2.34. The van der Waals surface area contributed by atoms with Crippen molar-refractivity contribution in [3.05, 3.63) is 27.1 Å². The van der Waals surface area contributed by atoms with Gasteiger partial charge in [-0.15, -0.1) is 0 Å². The number of nitrogens with one attached hydrogen (secondary N) is 1. The van der Waals surface area contributed by atoms with Gasteiger partial charge in [0, 0.05) is 28.1 Å². The van der Waals surface area contributed by atoms with Crippen molar-refractivity contribution in [2.24, 2.45) is 5.92 Å². The van der Waals surface area contributed by atoms with Crippen molar-refractivity contribution >= 4 is 37.5 Å². The molecular weight excluding hydrogens is 356 g/mol. The number of hydrogen-bond acceptors (Lipinski definition) is 2. The highest BCUT2D eigenvalue weighted by Gasteiger charge is 2.21. The standard InChI is InChI=1S/C14H20Br2N2/c1-10(2)13-9-18(7-3-6-17-13)14-8-11(15)4-5-12(14)16/h4-5,8,10,13,17H,3,6-7,9H2,1-2H3. The number of hydrogen-bond donors (Lipinski definition) is 1. The van der Waals surface area contributed by atoms with Crippen LogP contribution in [0.5, 0.6) is 0 Å². The van der Waals surface area contributed by atoms with Crippen molar-refractivity contribution < 1.29 is 0 Å². The molecule has 0 amide bonds. The van der Waals surface area contributed by atoms with Gasteiger partial charge in [0.1, 0.15) is 0 Å². The van der Waals surface area contributed by atoms with E-state index in [2.05, 4.69) is 74.1 Å². The number of nitrogens with zero attached hydrogens (tertiary/aromatic N) is 1. The highest BCUT2D eigenvalue weighted by atomic mass is 79.9. The Bertz CT molecular complexity index is 407. The van der Waals surface area contributed by atoms with Crippen LogP contribution in [-0.4, -0.2) is 25.7 Å². The van der Waals surface area contributed by atoms with Gasteiger partial charge in [0.2, 0.25) is 0 Å². The predicted molar refractivity (Wildman–Crippen MR) is 85.3 cm³/mol. The van der Waals surface area contributed by atoms with Crippen molar-refractivity contribution in [1.82, 2.24) is 5.32 Å². The Balaban J connectivity index is 2.22. The summed E-state index contributed by atoms with van der Waals surface area (Å²) < 4.78 is 2.31. The first-order valence-corrected chi connectivity index (χ1v) is 8.10. The van der Waals surface area contributed by atoms with Gasteiger partial charge in [-0.05, 0) is 53.0 Å². The first-order chi connectivity index (χ1) is 8.58. The van der Waals surface area contributed by atoms with Crippen LogP contribution in [-0.2, 0) is 0 Å². The molecule has 0 aromatic heterocycles. The first-order valence-electron chi connectivity index (χ1n) is 6.51. The lowest BCUT2D eigenvalue weighted by Gasteiger charge is -2.29. The molecule has 4 heteroatoms. The van der Waals surface area contributed by atoms with E-state index < -0.39 is 0 Å². The molecule has 1 aromatic rings. The van der Waals surface area contributed by atoms with Crippen LogP contribution in [0.25, 0.3) is 0 Å². The Kier molecular flexibility index (Phi) is 5.10.